The first-order valence-electron chi connectivity index (χ1n) is 7.17. The van der Waals surface area contributed by atoms with Crippen molar-refractivity contribution in [3.63, 3.8) is 0 Å². The molecule has 0 radical (unpaired) electrons. The lowest BCUT2D eigenvalue weighted by atomic mass is 10.1. The summed E-state index contributed by atoms with van der Waals surface area (Å²) in [4.78, 5) is 11.8. The number of hydrogen-bond donors (Lipinski definition) is 2. The van der Waals surface area contributed by atoms with E-state index in [-0.39, 0.29) is 10.8 Å². The average molecular weight is 332 g/mol. The second kappa shape index (κ2) is 6.42. The van der Waals surface area contributed by atoms with Gasteiger partial charge < -0.3 is 5.32 Å². The Bertz CT molecular complexity index is 841. The Morgan fingerprint density at radius 3 is 2.04 bits per heavy atom. The minimum absolute atomic E-state index is 0.218. The van der Waals surface area contributed by atoms with Gasteiger partial charge in [-0.3, -0.25) is 9.52 Å². The summed E-state index contributed by atoms with van der Waals surface area (Å²) in [7, 11) is -2.13. The fourth-order valence-electron chi connectivity index (χ4n) is 2.27. The summed E-state index contributed by atoms with van der Waals surface area (Å²) < 4.78 is 27.7. The first kappa shape index (κ1) is 17.0. The van der Waals surface area contributed by atoms with E-state index in [9.17, 15) is 13.2 Å². The third-order valence-electron chi connectivity index (χ3n) is 3.71. The highest BCUT2D eigenvalue weighted by Crippen LogP contribution is 2.23. The molecule has 5 nitrogen and oxygen atoms in total. The lowest BCUT2D eigenvalue weighted by Crippen LogP contribution is -2.18. The van der Waals surface area contributed by atoms with Crippen LogP contribution in [0.4, 0.5) is 5.69 Å². The molecule has 0 fully saturated rings. The zero-order valence-electron chi connectivity index (χ0n) is 13.6. The molecule has 0 unspecified atom stereocenters. The fraction of sp³-hybridized carbons (Fsp3) is 0.235. The molecule has 0 saturated heterocycles. The van der Waals surface area contributed by atoms with Gasteiger partial charge in [0.1, 0.15) is 0 Å². The van der Waals surface area contributed by atoms with Gasteiger partial charge in [-0.2, -0.15) is 0 Å². The van der Waals surface area contributed by atoms with Gasteiger partial charge >= 0.3 is 0 Å². The van der Waals surface area contributed by atoms with Crippen LogP contribution in [0.2, 0.25) is 0 Å². The second-order valence-corrected chi connectivity index (χ2v) is 7.11. The lowest BCUT2D eigenvalue weighted by Gasteiger charge is -2.13. The van der Waals surface area contributed by atoms with Crippen LogP contribution in [0.15, 0.2) is 41.3 Å². The third-order valence-corrected chi connectivity index (χ3v) is 5.23. The molecule has 0 aliphatic carbocycles. The van der Waals surface area contributed by atoms with Crippen molar-refractivity contribution in [3.05, 3.63) is 58.7 Å². The van der Waals surface area contributed by atoms with Crippen molar-refractivity contribution in [1.82, 2.24) is 5.32 Å². The van der Waals surface area contributed by atoms with Gasteiger partial charge in [0.25, 0.3) is 15.9 Å². The van der Waals surface area contributed by atoms with Crippen molar-refractivity contribution in [2.45, 2.75) is 25.7 Å². The predicted octanol–water partition coefficient (Wildman–Crippen LogP) is 2.77. The number of amides is 1. The number of nitrogens with one attached hydrogen (secondary N) is 2. The summed E-state index contributed by atoms with van der Waals surface area (Å²) in [5, 5.41) is 2.52. The molecule has 122 valence electrons. The van der Waals surface area contributed by atoms with E-state index in [2.05, 4.69) is 10.0 Å². The van der Waals surface area contributed by atoms with Crippen LogP contribution >= 0.6 is 0 Å². The van der Waals surface area contributed by atoms with E-state index in [1.807, 2.05) is 19.9 Å². The summed E-state index contributed by atoms with van der Waals surface area (Å²) >= 11 is 0. The van der Waals surface area contributed by atoms with Crippen molar-refractivity contribution < 1.29 is 13.2 Å². The molecule has 23 heavy (non-hydrogen) atoms. The minimum atomic E-state index is -3.67. The van der Waals surface area contributed by atoms with Gasteiger partial charge in [0.2, 0.25) is 0 Å². The van der Waals surface area contributed by atoms with Crippen LogP contribution in [0.25, 0.3) is 0 Å². The number of benzene rings is 2. The zero-order valence-corrected chi connectivity index (χ0v) is 14.4. The monoisotopic (exact) mass is 332 g/mol. The normalized spacial score (nSPS) is 11.1. The molecule has 0 aromatic heterocycles. The molecule has 0 atom stereocenters. The Balaban J connectivity index is 2.32. The number of anilines is 1. The van der Waals surface area contributed by atoms with Crippen molar-refractivity contribution in [2.24, 2.45) is 0 Å². The maximum Gasteiger partial charge on any atom is 0.262 e. The van der Waals surface area contributed by atoms with Gasteiger partial charge in [-0.1, -0.05) is 6.07 Å². The van der Waals surface area contributed by atoms with E-state index < -0.39 is 10.0 Å². The minimum Gasteiger partial charge on any atom is -0.355 e. The smallest absolute Gasteiger partial charge is 0.262 e. The van der Waals surface area contributed by atoms with Gasteiger partial charge in [-0.05, 0) is 67.8 Å². The molecule has 0 saturated carbocycles. The van der Waals surface area contributed by atoms with Crippen molar-refractivity contribution >= 4 is 21.6 Å². The van der Waals surface area contributed by atoms with Crippen LogP contribution in [0, 0.1) is 20.8 Å². The fourth-order valence-corrected chi connectivity index (χ4v) is 3.64. The van der Waals surface area contributed by atoms with E-state index in [0.717, 1.165) is 11.1 Å². The molecule has 6 heteroatoms. The highest BCUT2D eigenvalue weighted by molar-refractivity contribution is 7.92. The highest BCUT2D eigenvalue weighted by Gasteiger charge is 2.18. The van der Waals surface area contributed by atoms with E-state index in [1.165, 1.54) is 0 Å². The van der Waals surface area contributed by atoms with Crippen LogP contribution in [-0.2, 0) is 10.0 Å². The van der Waals surface area contributed by atoms with Gasteiger partial charge in [0.05, 0.1) is 4.90 Å². The molecule has 2 rings (SSSR count). The summed E-state index contributed by atoms with van der Waals surface area (Å²) in [5.74, 6) is -0.218. The lowest BCUT2D eigenvalue weighted by molar-refractivity contribution is 0.0963. The first-order valence-corrected chi connectivity index (χ1v) is 8.65. The maximum absolute atomic E-state index is 12.6. The molecule has 1 amide bonds. The molecule has 2 N–H and O–H groups in total. The van der Waals surface area contributed by atoms with Crippen LogP contribution in [-0.4, -0.2) is 21.4 Å². The van der Waals surface area contributed by atoms with Crippen LogP contribution in [0.1, 0.15) is 27.0 Å². The number of hydrogen-bond acceptors (Lipinski definition) is 3. The van der Waals surface area contributed by atoms with E-state index in [1.54, 1.807) is 44.3 Å². The number of aryl methyl sites for hydroxylation is 3. The maximum atomic E-state index is 12.6. The van der Waals surface area contributed by atoms with E-state index >= 15 is 0 Å². The summed E-state index contributed by atoms with van der Waals surface area (Å²) in [6.07, 6.45) is 0. The number of carbonyl (C=O) groups is 1. The number of rotatable bonds is 4. The molecule has 0 bridgehead atoms. The van der Waals surface area contributed by atoms with E-state index in [4.69, 9.17) is 0 Å². The average Bonchev–Trinajstić information content (AvgIpc) is 2.50. The largest absolute Gasteiger partial charge is 0.355 e. The molecule has 0 aliphatic heterocycles. The summed E-state index contributed by atoms with van der Waals surface area (Å²) in [6, 6.07) is 9.81. The Morgan fingerprint density at radius 1 is 0.913 bits per heavy atom. The molecule has 2 aromatic carbocycles. The zero-order chi connectivity index (χ0) is 17.2. The molecular weight excluding hydrogens is 312 g/mol. The Labute approximate surface area is 136 Å². The molecule has 2 aromatic rings. The SMILES string of the molecule is CNC(=O)c1ccc(NS(=O)(=O)c2cc(C)c(C)cc2C)cc1. The van der Waals surface area contributed by atoms with Crippen molar-refractivity contribution in [2.75, 3.05) is 11.8 Å². The summed E-state index contributed by atoms with van der Waals surface area (Å²) in [6.45, 7) is 5.60. The van der Waals surface area contributed by atoms with Gasteiger partial charge in [0.15, 0.2) is 0 Å². The van der Waals surface area contributed by atoms with E-state index in [0.29, 0.717) is 16.8 Å². The quantitative estimate of drug-likeness (QED) is 0.904. The first-order chi connectivity index (χ1) is 10.7. The molecular formula is C17H20N2O3S. The van der Waals surface area contributed by atoms with Crippen molar-refractivity contribution in [3.8, 4) is 0 Å². The van der Waals surface area contributed by atoms with Crippen LogP contribution in [0.3, 0.4) is 0 Å². The number of carbonyl (C=O) groups excluding carboxylic acids is 1. The molecule has 0 heterocycles. The number of sulfonamides is 1. The van der Waals surface area contributed by atoms with Gasteiger partial charge in [-0.15, -0.1) is 0 Å². The van der Waals surface area contributed by atoms with Crippen LogP contribution in [0.5, 0.6) is 0 Å². The molecule has 0 aliphatic rings. The van der Waals surface area contributed by atoms with Crippen molar-refractivity contribution in [1.29, 1.82) is 0 Å². The Kier molecular flexibility index (Phi) is 4.75. The Hall–Kier alpha value is -2.34. The predicted molar refractivity (Wildman–Crippen MR) is 91.3 cm³/mol. The second-order valence-electron chi connectivity index (χ2n) is 5.46. The Morgan fingerprint density at radius 2 is 1.48 bits per heavy atom. The summed E-state index contributed by atoms with van der Waals surface area (Å²) in [5.41, 5.74) is 3.55. The van der Waals surface area contributed by atoms with Crippen LogP contribution < -0.4 is 10.0 Å². The van der Waals surface area contributed by atoms with Gasteiger partial charge in [0, 0.05) is 18.3 Å². The van der Waals surface area contributed by atoms with Gasteiger partial charge in [-0.25, -0.2) is 8.42 Å². The highest BCUT2D eigenvalue weighted by atomic mass is 32.2. The third kappa shape index (κ3) is 3.71. The standard InChI is InChI=1S/C17H20N2O3S/c1-11-9-13(3)16(10-12(11)2)23(21,22)19-15-7-5-14(6-8-15)17(20)18-4/h5-10,19H,1-4H3,(H,18,20). The molecule has 0 spiro atoms. The topological polar surface area (TPSA) is 75.3 Å².